The second-order valence-corrected chi connectivity index (χ2v) is 8.04. The van der Waals surface area contributed by atoms with Gasteiger partial charge >= 0.3 is 0 Å². The zero-order valence-corrected chi connectivity index (χ0v) is 15.7. The molecule has 0 aromatic heterocycles. The third-order valence-electron chi connectivity index (χ3n) is 5.25. The molecule has 132 valence electrons. The number of thioether (sulfide) groups is 1. The maximum atomic E-state index is 4.41. The number of rotatable bonds is 5. The number of para-hydroxylation sites is 1. The number of hydrogen-bond donors (Lipinski definition) is 2. The minimum absolute atomic E-state index is 0.582. The molecular weight excluding hydrogens is 316 g/mol. The molecule has 0 radical (unpaired) electrons. The summed E-state index contributed by atoms with van der Waals surface area (Å²) in [6, 6.07) is 11.3. The van der Waals surface area contributed by atoms with Gasteiger partial charge in [0.2, 0.25) is 0 Å². The molecule has 1 saturated heterocycles. The van der Waals surface area contributed by atoms with Crippen molar-refractivity contribution in [1.29, 1.82) is 0 Å². The third kappa shape index (κ3) is 4.59. The Kier molecular flexibility index (Phi) is 6.30. The number of nitrogens with one attached hydrogen (secondary N) is 2. The molecule has 2 N–H and O–H groups in total. The molecule has 3 unspecified atom stereocenters. The van der Waals surface area contributed by atoms with Gasteiger partial charge in [0.25, 0.3) is 0 Å². The van der Waals surface area contributed by atoms with Gasteiger partial charge in [-0.1, -0.05) is 18.2 Å². The van der Waals surface area contributed by atoms with E-state index in [1.807, 2.05) is 18.8 Å². The van der Waals surface area contributed by atoms with Crippen molar-refractivity contribution in [1.82, 2.24) is 10.6 Å². The topological polar surface area (TPSA) is 39.7 Å². The predicted octanol–water partition coefficient (Wildman–Crippen LogP) is 2.96. The van der Waals surface area contributed by atoms with Crippen molar-refractivity contribution in [3.05, 3.63) is 30.3 Å². The highest BCUT2D eigenvalue weighted by Gasteiger charge is 2.26. The Hall–Kier alpha value is -1.36. The van der Waals surface area contributed by atoms with Crippen molar-refractivity contribution in [2.75, 3.05) is 37.8 Å². The van der Waals surface area contributed by atoms with Crippen molar-refractivity contribution < 1.29 is 0 Å². The Morgan fingerprint density at radius 1 is 1.25 bits per heavy atom. The number of guanidine groups is 1. The van der Waals surface area contributed by atoms with Gasteiger partial charge in [0.05, 0.1) is 0 Å². The SMILES string of the molecule is CN=C(NCC1CCN(c2ccccc2)C1)NC1CCC(SC)C1. The van der Waals surface area contributed by atoms with Crippen LogP contribution in [0.15, 0.2) is 35.3 Å². The van der Waals surface area contributed by atoms with Gasteiger partial charge in [-0.05, 0) is 50.0 Å². The maximum Gasteiger partial charge on any atom is 0.191 e. The summed E-state index contributed by atoms with van der Waals surface area (Å²) in [5, 5.41) is 7.97. The maximum absolute atomic E-state index is 4.41. The van der Waals surface area contributed by atoms with Crippen LogP contribution in [0.5, 0.6) is 0 Å². The summed E-state index contributed by atoms with van der Waals surface area (Å²) in [4.78, 5) is 6.90. The first-order chi connectivity index (χ1) is 11.8. The number of benzene rings is 1. The fraction of sp³-hybridized carbons (Fsp3) is 0.632. The monoisotopic (exact) mass is 346 g/mol. The van der Waals surface area contributed by atoms with Crippen molar-refractivity contribution in [2.45, 2.75) is 37.0 Å². The highest BCUT2D eigenvalue weighted by Crippen LogP contribution is 2.28. The third-order valence-corrected chi connectivity index (χ3v) is 6.34. The average Bonchev–Trinajstić information content (AvgIpc) is 3.28. The molecule has 1 aromatic rings. The molecule has 0 spiro atoms. The van der Waals surface area contributed by atoms with E-state index in [-0.39, 0.29) is 0 Å². The van der Waals surface area contributed by atoms with Crippen LogP contribution in [0.4, 0.5) is 5.69 Å². The van der Waals surface area contributed by atoms with Crippen LogP contribution in [-0.4, -0.2) is 50.2 Å². The first-order valence-corrected chi connectivity index (χ1v) is 10.4. The van der Waals surface area contributed by atoms with Crippen LogP contribution in [0.2, 0.25) is 0 Å². The van der Waals surface area contributed by atoms with Crippen LogP contribution >= 0.6 is 11.8 Å². The molecule has 2 fully saturated rings. The molecule has 3 atom stereocenters. The summed E-state index contributed by atoms with van der Waals surface area (Å²) in [6.45, 7) is 3.29. The van der Waals surface area contributed by atoms with Gasteiger partial charge < -0.3 is 15.5 Å². The highest BCUT2D eigenvalue weighted by atomic mass is 32.2. The molecule has 1 aliphatic heterocycles. The van der Waals surface area contributed by atoms with Crippen molar-refractivity contribution in [2.24, 2.45) is 10.9 Å². The minimum atomic E-state index is 0.582. The van der Waals surface area contributed by atoms with Gasteiger partial charge in [-0.2, -0.15) is 11.8 Å². The quantitative estimate of drug-likeness (QED) is 0.635. The summed E-state index contributed by atoms with van der Waals surface area (Å²) in [5.74, 6) is 1.66. The molecule has 1 aromatic carbocycles. The Labute approximate surface area is 150 Å². The molecule has 1 aliphatic carbocycles. The van der Waals surface area contributed by atoms with Gasteiger partial charge in [-0.3, -0.25) is 4.99 Å². The molecule has 4 nitrogen and oxygen atoms in total. The largest absolute Gasteiger partial charge is 0.371 e. The van der Waals surface area contributed by atoms with Crippen LogP contribution in [0, 0.1) is 5.92 Å². The number of aliphatic imine (C=N–C) groups is 1. The summed E-state index contributed by atoms with van der Waals surface area (Å²) in [5.41, 5.74) is 1.34. The normalized spacial score (nSPS) is 27.5. The Morgan fingerprint density at radius 3 is 2.79 bits per heavy atom. The van der Waals surface area contributed by atoms with E-state index >= 15 is 0 Å². The van der Waals surface area contributed by atoms with E-state index < -0.39 is 0 Å². The van der Waals surface area contributed by atoms with Crippen molar-refractivity contribution in [3.8, 4) is 0 Å². The van der Waals surface area contributed by atoms with Gasteiger partial charge in [0, 0.05) is 43.7 Å². The highest BCUT2D eigenvalue weighted by molar-refractivity contribution is 7.99. The summed E-state index contributed by atoms with van der Waals surface area (Å²) < 4.78 is 0. The smallest absolute Gasteiger partial charge is 0.191 e. The molecule has 24 heavy (non-hydrogen) atoms. The first kappa shape index (κ1) is 17.5. The van der Waals surface area contributed by atoms with E-state index in [1.54, 1.807) is 0 Å². The Balaban J connectivity index is 1.42. The first-order valence-electron chi connectivity index (χ1n) is 9.08. The standard InChI is InChI=1S/C19H30N4S/c1-20-19(22-16-8-9-18(12-16)24-2)21-13-15-10-11-23(14-15)17-6-4-3-5-7-17/h3-7,15-16,18H,8-14H2,1-2H3,(H2,20,21,22). The van der Waals surface area contributed by atoms with E-state index in [0.29, 0.717) is 12.0 Å². The predicted molar refractivity (Wildman–Crippen MR) is 106 cm³/mol. The lowest BCUT2D eigenvalue weighted by Crippen LogP contribution is -2.44. The summed E-state index contributed by atoms with van der Waals surface area (Å²) in [6.07, 6.45) is 7.31. The van der Waals surface area contributed by atoms with Crippen molar-refractivity contribution >= 4 is 23.4 Å². The number of anilines is 1. The fourth-order valence-corrected chi connectivity index (χ4v) is 4.58. The minimum Gasteiger partial charge on any atom is -0.371 e. The molecule has 1 saturated carbocycles. The van der Waals surface area contributed by atoms with E-state index in [0.717, 1.165) is 30.8 Å². The molecule has 5 heteroatoms. The van der Waals surface area contributed by atoms with Crippen LogP contribution in [0.25, 0.3) is 0 Å². The summed E-state index contributed by atoms with van der Waals surface area (Å²) >= 11 is 2.00. The van der Waals surface area contributed by atoms with Gasteiger partial charge in [0.15, 0.2) is 5.96 Å². The lowest BCUT2D eigenvalue weighted by Gasteiger charge is -2.20. The van der Waals surface area contributed by atoms with Gasteiger partial charge in [-0.15, -0.1) is 0 Å². The van der Waals surface area contributed by atoms with Gasteiger partial charge in [0.1, 0.15) is 0 Å². The van der Waals surface area contributed by atoms with Crippen LogP contribution < -0.4 is 15.5 Å². The fourth-order valence-electron chi connectivity index (χ4n) is 3.79. The number of hydrogen-bond acceptors (Lipinski definition) is 3. The van der Waals surface area contributed by atoms with Crippen molar-refractivity contribution in [3.63, 3.8) is 0 Å². The zero-order chi connectivity index (χ0) is 16.8. The molecule has 2 aliphatic rings. The second kappa shape index (κ2) is 8.65. The second-order valence-electron chi connectivity index (χ2n) is 6.90. The summed E-state index contributed by atoms with van der Waals surface area (Å²) in [7, 11) is 1.88. The molecule has 1 heterocycles. The lowest BCUT2D eigenvalue weighted by atomic mass is 10.1. The van der Waals surface area contributed by atoms with E-state index in [9.17, 15) is 0 Å². The number of nitrogens with zero attached hydrogens (tertiary/aromatic N) is 2. The van der Waals surface area contributed by atoms with Crippen LogP contribution in [0.3, 0.4) is 0 Å². The lowest BCUT2D eigenvalue weighted by molar-refractivity contribution is 0.552. The molecule has 3 rings (SSSR count). The molecule has 0 bridgehead atoms. The van der Waals surface area contributed by atoms with Gasteiger partial charge in [-0.25, -0.2) is 0 Å². The van der Waals surface area contributed by atoms with Crippen LogP contribution in [0.1, 0.15) is 25.7 Å². The van der Waals surface area contributed by atoms with E-state index in [4.69, 9.17) is 0 Å². The Morgan fingerprint density at radius 2 is 2.08 bits per heavy atom. The van der Waals surface area contributed by atoms with E-state index in [2.05, 4.69) is 57.1 Å². The zero-order valence-electron chi connectivity index (χ0n) is 14.9. The average molecular weight is 347 g/mol. The Bertz CT molecular complexity index is 533. The molecule has 0 amide bonds. The van der Waals surface area contributed by atoms with Crippen LogP contribution in [-0.2, 0) is 0 Å². The molecular formula is C19H30N4S. The van der Waals surface area contributed by atoms with E-state index in [1.165, 1.54) is 31.4 Å².